The van der Waals surface area contributed by atoms with E-state index in [1.54, 1.807) is 30.3 Å². The zero-order chi connectivity index (χ0) is 16.8. The first kappa shape index (κ1) is 16.9. The van der Waals surface area contributed by atoms with E-state index in [0.29, 0.717) is 16.9 Å². The number of carbonyl (C=O) groups excluding carboxylic acids is 1. The number of nitrogens with one attached hydrogen (secondary N) is 1. The molecule has 0 saturated carbocycles. The van der Waals surface area contributed by atoms with Crippen molar-refractivity contribution < 1.29 is 14.5 Å². The van der Waals surface area contributed by atoms with Gasteiger partial charge in [-0.1, -0.05) is 0 Å². The van der Waals surface area contributed by atoms with Crippen LogP contribution in [0.25, 0.3) is 0 Å². The third-order valence-electron chi connectivity index (χ3n) is 2.90. The van der Waals surface area contributed by atoms with Gasteiger partial charge in [-0.25, -0.2) is 5.43 Å². The van der Waals surface area contributed by atoms with Crippen LogP contribution in [0.1, 0.15) is 15.9 Å². The molecule has 8 heteroatoms. The second-order valence-electron chi connectivity index (χ2n) is 4.40. The average molecular weight is 425 g/mol. The number of nitro groups is 1. The van der Waals surface area contributed by atoms with E-state index >= 15 is 0 Å². The Balaban J connectivity index is 2.02. The Kier molecular flexibility index (Phi) is 5.63. The molecule has 0 unspecified atom stereocenters. The van der Waals surface area contributed by atoms with Crippen LogP contribution in [0, 0.1) is 13.7 Å². The summed E-state index contributed by atoms with van der Waals surface area (Å²) >= 11 is 2.11. The predicted octanol–water partition coefficient (Wildman–Crippen LogP) is 2.97. The van der Waals surface area contributed by atoms with E-state index in [1.165, 1.54) is 25.5 Å². The van der Waals surface area contributed by atoms with E-state index in [0.717, 1.165) is 3.57 Å². The highest BCUT2D eigenvalue weighted by molar-refractivity contribution is 14.1. The van der Waals surface area contributed by atoms with Crippen LogP contribution in [-0.2, 0) is 0 Å². The monoisotopic (exact) mass is 425 g/mol. The maximum atomic E-state index is 12.0. The van der Waals surface area contributed by atoms with Crippen molar-refractivity contribution in [1.82, 2.24) is 5.43 Å². The van der Waals surface area contributed by atoms with Crippen molar-refractivity contribution in [3.8, 4) is 5.75 Å². The normalized spacial score (nSPS) is 10.5. The van der Waals surface area contributed by atoms with Crippen LogP contribution in [0.4, 0.5) is 5.69 Å². The number of non-ortho nitro benzene ring substituents is 1. The third-order valence-corrected chi connectivity index (χ3v) is 3.79. The first-order valence-corrected chi connectivity index (χ1v) is 7.50. The van der Waals surface area contributed by atoms with Crippen molar-refractivity contribution >= 4 is 40.4 Å². The molecule has 0 heterocycles. The van der Waals surface area contributed by atoms with Crippen LogP contribution in [0.15, 0.2) is 47.6 Å². The Morgan fingerprint density at radius 3 is 2.61 bits per heavy atom. The summed E-state index contributed by atoms with van der Waals surface area (Å²) in [4.78, 5) is 22.1. The van der Waals surface area contributed by atoms with Crippen molar-refractivity contribution in [2.75, 3.05) is 7.11 Å². The number of hydrazone groups is 1. The number of hydrogen-bond acceptors (Lipinski definition) is 5. The minimum absolute atomic E-state index is 0.00262. The maximum Gasteiger partial charge on any atom is 0.271 e. The SMILES string of the molecule is COc1cc(C(=O)N/N=C\c2ccc([N+](=O)[O-])cc2)ccc1I. The Labute approximate surface area is 145 Å². The lowest BCUT2D eigenvalue weighted by atomic mass is 10.2. The molecule has 1 amide bonds. The molecule has 0 bridgehead atoms. The smallest absolute Gasteiger partial charge is 0.271 e. The number of methoxy groups -OCH3 is 1. The van der Waals surface area contributed by atoms with Gasteiger partial charge in [0.05, 0.1) is 21.8 Å². The van der Waals surface area contributed by atoms with Crippen molar-refractivity contribution in [3.05, 3.63) is 67.3 Å². The molecule has 1 N–H and O–H groups in total. The largest absolute Gasteiger partial charge is 0.496 e. The molecule has 0 aromatic heterocycles. The molecule has 118 valence electrons. The van der Waals surface area contributed by atoms with Crippen LogP contribution in [0.2, 0.25) is 0 Å². The maximum absolute atomic E-state index is 12.0. The number of rotatable bonds is 5. The molecule has 7 nitrogen and oxygen atoms in total. The van der Waals surface area contributed by atoms with Crippen molar-refractivity contribution in [1.29, 1.82) is 0 Å². The summed E-state index contributed by atoms with van der Waals surface area (Å²) in [5.41, 5.74) is 3.45. The summed E-state index contributed by atoms with van der Waals surface area (Å²) in [6.07, 6.45) is 1.41. The summed E-state index contributed by atoms with van der Waals surface area (Å²) in [5, 5.41) is 14.4. The molecule has 0 aliphatic heterocycles. The number of carbonyl (C=O) groups is 1. The van der Waals surface area contributed by atoms with Gasteiger partial charge in [-0.2, -0.15) is 5.10 Å². The van der Waals surface area contributed by atoms with Crippen molar-refractivity contribution in [3.63, 3.8) is 0 Å². The van der Waals surface area contributed by atoms with Crippen LogP contribution >= 0.6 is 22.6 Å². The summed E-state index contributed by atoms with van der Waals surface area (Å²) < 4.78 is 6.06. The van der Waals surface area contributed by atoms with Gasteiger partial charge in [0, 0.05) is 17.7 Å². The van der Waals surface area contributed by atoms with Crippen LogP contribution in [-0.4, -0.2) is 24.2 Å². The second-order valence-corrected chi connectivity index (χ2v) is 5.56. The van der Waals surface area contributed by atoms with Crippen LogP contribution in [0.5, 0.6) is 5.75 Å². The molecule has 0 saturated heterocycles. The Hall–Kier alpha value is -2.49. The van der Waals surface area contributed by atoms with Gasteiger partial charge in [0.25, 0.3) is 11.6 Å². The topological polar surface area (TPSA) is 93.8 Å². The molecule has 0 radical (unpaired) electrons. The van der Waals surface area contributed by atoms with Crippen LogP contribution in [0.3, 0.4) is 0 Å². The number of amides is 1. The van der Waals surface area contributed by atoms with Gasteiger partial charge < -0.3 is 4.74 Å². The fourth-order valence-corrected chi connectivity index (χ4v) is 2.27. The first-order valence-electron chi connectivity index (χ1n) is 6.42. The van der Waals surface area contributed by atoms with Crippen molar-refractivity contribution in [2.45, 2.75) is 0 Å². The Morgan fingerprint density at radius 2 is 2.00 bits per heavy atom. The van der Waals surface area contributed by atoms with Gasteiger partial charge in [0.2, 0.25) is 0 Å². The lowest BCUT2D eigenvalue weighted by molar-refractivity contribution is -0.384. The molecule has 2 aromatic rings. The van der Waals surface area contributed by atoms with E-state index in [4.69, 9.17) is 4.74 Å². The highest BCUT2D eigenvalue weighted by Gasteiger charge is 2.08. The summed E-state index contributed by atoms with van der Waals surface area (Å²) in [5.74, 6) is 0.232. The van der Waals surface area contributed by atoms with E-state index in [-0.39, 0.29) is 11.6 Å². The third kappa shape index (κ3) is 4.49. The van der Waals surface area contributed by atoms with E-state index in [2.05, 4.69) is 33.1 Å². The summed E-state index contributed by atoms with van der Waals surface area (Å²) in [6.45, 7) is 0. The fourth-order valence-electron chi connectivity index (χ4n) is 1.71. The van der Waals surface area contributed by atoms with Gasteiger partial charge >= 0.3 is 0 Å². The van der Waals surface area contributed by atoms with E-state index in [9.17, 15) is 14.9 Å². The molecule has 23 heavy (non-hydrogen) atoms. The van der Waals surface area contributed by atoms with Gasteiger partial charge in [-0.05, 0) is 58.5 Å². The zero-order valence-electron chi connectivity index (χ0n) is 12.0. The van der Waals surface area contributed by atoms with E-state index in [1.807, 2.05) is 0 Å². The quantitative estimate of drug-likeness (QED) is 0.345. The number of nitro benzene ring substituents is 1. The molecular formula is C15H12IN3O4. The molecule has 2 aromatic carbocycles. The standard InChI is InChI=1S/C15H12IN3O4/c1-23-14-8-11(4-7-13(14)16)15(20)18-17-9-10-2-5-12(6-3-10)19(21)22/h2-9H,1H3,(H,18,20)/b17-9-. The summed E-state index contributed by atoms with van der Waals surface area (Å²) in [7, 11) is 1.53. The number of ether oxygens (including phenoxy) is 1. The predicted molar refractivity (Wildman–Crippen MR) is 93.9 cm³/mol. The number of nitrogens with zero attached hydrogens (tertiary/aromatic N) is 2. The molecule has 0 fully saturated rings. The first-order chi connectivity index (χ1) is 11.0. The molecule has 2 rings (SSSR count). The molecule has 0 atom stereocenters. The minimum atomic E-state index is -0.479. The molecule has 0 aliphatic carbocycles. The van der Waals surface area contributed by atoms with Gasteiger partial charge in [0.1, 0.15) is 5.75 Å². The minimum Gasteiger partial charge on any atom is -0.496 e. The Morgan fingerprint density at radius 1 is 1.30 bits per heavy atom. The lowest BCUT2D eigenvalue weighted by Gasteiger charge is -2.05. The van der Waals surface area contributed by atoms with Crippen molar-refractivity contribution in [2.24, 2.45) is 5.10 Å². The van der Waals surface area contributed by atoms with Gasteiger partial charge in [-0.15, -0.1) is 0 Å². The zero-order valence-corrected chi connectivity index (χ0v) is 14.2. The number of hydrogen-bond donors (Lipinski definition) is 1. The van der Waals surface area contributed by atoms with Gasteiger partial charge in [-0.3, -0.25) is 14.9 Å². The highest BCUT2D eigenvalue weighted by Crippen LogP contribution is 2.21. The molecular weight excluding hydrogens is 413 g/mol. The highest BCUT2D eigenvalue weighted by atomic mass is 127. The lowest BCUT2D eigenvalue weighted by Crippen LogP contribution is -2.17. The molecule has 0 spiro atoms. The average Bonchev–Trinajstić information content (AvgIpc) is 2.55. The van der Waals surface area contributed by atoms with Gasteiger partial charge in [0.15, 0.2) is 0 Å². The van der Waals surface area contributed by atoms with E-state index < -0.39 is 4.92 Å². The van der Waals surface area contributed by atoms with Crippen LogP contribution < -0.4 is 10.2 Å². The summed E-state index contributed by atoms with van der Waals surface area (Å²) in [6, 6.07) is 10.9. The number of halogens is 1. The Bertz CT molecular complexity index is 760. The second kappa shape index (κ2) is 7.68. The number of benzene rings is 2. The molecule has 0 aliphatic rings. The fraction of sp³-hybridized carbons (Fsp3) is 0.0667.